The van der Waals surface area contributed by atoms with Crippen LogP contribution in [0, 0.1) is 0 Å². The summed E-state index contributed by atoms with van der Waals surface area (Å²) in [5, 5.41) is 0. The van der Waals surface area contributed by atoms with E-state index in [1.807, 2.05) is 0 Å². The van der Waals surface area contributed by atoms with Crippen molar-refractivity contribution in [3.05, 3.63) is 35.9 Å². The van der Waals surface area contributed by atoms with E-state index in [0.29, 0.717) is 11.5 Å². The summed E-state index contributed by atoms with van der Waals surface area (Å²) >= 11 is 0. The zero-order chi connectivity index (χ0) is 10.7. The molecule has 82 valence electrons. The Kier molecular flexibility index (Phi) is 3.11. The van der Waals surface area contributed by atoms with Crippen molar-refractivity contribution in [1.82, 2.24) is 0 Å². The van der Waals surface area contributed by atoms with Crippen LogP contribution in [-0.4, -0.2) is 6.04 Å². The van der Waals surface area contributed by atoms with Gasteiger partial charge in [-0.2, -0.15) is 0 Å². The summed E-state index contributed by atoms with van der Waals surface area (Å²) in [6.45, 7) is 2.22. The maximum Gasteiger partial charge on any atom is 0.0136 e. The standard InChI is InChI=1S/C14H21N/c1-2-7-13(15)14(10-6-11-14)12-8-4-3-5-9-12/h3-5,8-9,13H,2,6-7,10-11,15H2,1H3/t13-/m0/s1. The summed E-state index contributed by atoms with van der Waals surface area (Å²) in [5.41, 5.74) is 8.12. The van der Waals surface area contributed by atoms with Crippen molar-refractivity contribution >= 4 is 0 Å². The Balaban J connectivity index is 2.22. The number of hydrogen-bond donors (Lipinski definition) is 1. The van der Waals surface area contributed by atoms with Crippen LogP contribution in [0.4, 0.5) is 0 Å². The molecule has 15 heavy (non-hydrogen) atoms. The Hall–Kier alpha value is -0.820. The summed E-state index contributed by atoms with van der Waals surface area (Å²) in [4.78, 5) is 0. The van der Waals surface area contributed by atoms with Gasteiger partial charge in [-0.1, -0.05) is 50.1 Å². The van der Waals surface area contributed by atoms with E-state index in [1.54, 1.807) is 0 Å². The minimum atomic E-state index is 0.303. The average molecular weight is 203 g/mol. The van der Waals surface area contributed by atoms with Gasteiger partial charge >= 0.3 is 0 Å². The fourth-order valence-electron chi connectivity index (χ4n) is 2.79. The van der Waals surface area contributed by atoms with Crippen LogP contribution in [0.3, 0.4) is 0 Å². The number of rotatable bonds is 4. The lowest BCUT2D eigenvalue weighted by Gasteiger charge is -2.47. The van der Waals surface area contributed by atoms with Crippen molar-refractivity contribution in [1.29, 1.82) is 0 Å². The van der Waals surface area contributed by atoms with Gasteiger partial charge in [0.15, 0.2) is 0 Å². The highest BCUT2D eigenvalue weighted by Gasteiger charge is 2.42. The van der Waals surface area contributed by atoms with Gasteiger partial charge in [0.05, 0.1) is 0 Å². The topological polar surface area (TPSA) is 26.0 Å². The first-order valence-corrected chi connectivity index (χ1v) is 6.11. The van der Waals surface area contributed by atoms with Crippen molar-refractivity contribution in [3.63, 3.8) is 0 Å². The second-order valence-corrected chi connectivity index (χ2v) is 4.77. The lowest BCUT2D eigenvalue weighted by atomic mass is 9.59. The fraction of sp³-hybridized carbons (Fsp3) is 0.571. The van der Waals surface area contributed by atoms with Crippen LogP contribution >= 0.6 is 0 Å². The van der Waals surface area contributed by atoms with Crippen molar-refractivity contribution in [3.8, 4) is 0 Å². The molecule has 2 rings (SSSR count). The SMILES string of the molecule is CCC[C@H](N)C1(c2ccccc2)CCC1. The molecule has 0 spiro atoms. The average Bonchev–Trinajstić information content (AvgIpc) is 2.18. The second-order valence-electron chi connectivity index (χ2n) is 4.77. The van der Waals surface area contributed by atoms with Gasteiger partial charge in [-0.05, 0) is 24.8 Å². The van der Waals surface area contributed by atoms with Gasteiger partial charge in [0.2, 0.25) is 0 Å². The smallest absolute Gasteiger partial charge is 0.0136 e. The summed E-state index contributed by atoms with van der Waals surface area (Å²) < 4.78 is 0. The molecule has 0 bridgehead atoms. The van der Waals surface area contributed by atoms with Crippen molar-refractivity contribution in [2.45, 2.75) is 50.5 Å². The van der Waals surface area contributed by atoms with E-state index in [-0.39, 0.29) is 0 Å². The Bertz CT molecular complexity index is 300. The molecule has 1 nitrogen and oxygen atoms in total. The van der Waals surface area contributed by atoms with Crippen LogP contribution < -0.4 is 5.73 Å². The molecule has 1 atom stereocenters. The molecule has 0 saturated heterocycles. The second kappa shape index (κ2) is 4.36. The summed E-state index contributed by atoms with van der Waals surface area (Å²) in [6.07, 6.45) is 6.23. The third-order valence-electron chi connectivity index (χ3n) is 3.90. The molecule has 0 radical (unpaired) electrons. The van der Waals surface area contributed by atoms with Crippen molar-refractivity contribution in [2.75, 3.05) is 0 Å². The first-order valence-electron chi connectivity index (χ1n) is 6.11. The molecule has 0 aromatic heterocycles. The summed E-state index contributed by atoms with van der Waals surface area (Å²) in [6, 6.07) is 11.2. The molecule has 1 aliphatic carbocycles. The van der Waals surface area contributed by atoms with Gasteiger partial charge in [0.1, 0.15) is 0 Å². The Morgan fingerprint density at radius 3 is 2.40 bits per heavy atom. The van der Waals surface area contributed by atoms with Gasteiger partial charge in [0, 0.05) is 11.5 Å². The lowest BCUT2D eigenvalue weighted by molar-refractivity contribution is 0.188. The molecule has 0 amide bonds. The molecule has 1 saturated carbocycles. The minimum Gasteiger partial charge on any atom is -0.327 e. The first-order chi connectivity index (χ1) is 7.29. The van der Waals surface area contributed by atoms with Gasteiger partial charge in [0.25, 0.3) is 0 Å². The molecule has 1 aliphatic rings. The predicted molar refractivity (Wildman–Crippen MR) is 64.9 cm³/mol. The predicted octanol–water partition coefficient (Wildman–Crippen LogP) is 3.24. The lowest BCUT2D eigenvalue weighted by Crippen LogP contribution is -2.50. The highest BCUT2D eigenvalue weighted by atomic mass is 14.7. The van der Waals surface area contributed by atoms with Gasteiger partial charge in [-0.3, -0.25) is 0 Å². The van der Waals surface area contributed by atoms with Crippen molar-refractivity contribution in [2.24, 2.45) is 5.73 Å². The Labute approximate surface area is 92.7 Å². The number of nitrogens with two attached hydrogens (primary N) is 1. The van der Waals surface area contributed by atoms with Crippen LogP contribution in [0.25, 0.3) is 0 Å². The van der Waals surface area contributed by atoms with Crippen LogP contribution in [0.15, 0.2) is 30.3 Å². The largest absolute Gasteiger partial charge is 0.327 e. The van der Waals surface area contributed by atoms with Gasteiger partial charge < -0.3 is 5.73 Å². The first kappa shape index (κ1) is 10.7. The highest BCUT2D eigenvalue weighted by Crippen LogP contribution is 2.46. The van der Waals surface area contributed by atoms with E-state index in [1.165, 1.54) is 31.2 Å². The zero-order valence-electron chi connectivity index (χ0n) is 9.58. The van der Waals surface area contributed by atoms with Gasteiger partial charge in [-0.25, -0.2) is 0 Å². The van der Waals surface area contributed by atoms with E-state index in [9.17, 15) is 0 Å². The van der Waals surface area contributed by atoms with E-state index < -0.39 is 0 Å². The van der Waals surface area contributed by atoms with E-state index >= 15 is 0 Å². The quantitative estimate of drug-likeness (QED) is 0.798. The van der Waals surface area contributed by atoms with Gasteiger partial charge in [-0.15, -0.1) is 0 Å². The monoisotopic (exact) mass is 203 g/mol. The third-order valence-corrected chi connectivity index (χ3v) is 3.90. The summed E-state index contributed by atoms with van der Waals surface area (Å²) in [7, 11) is 0. The van der Waals surface area contributed by atoms with E-state index in [2.05, 4.69) is 37.3 Å². The zero-order valence-corrected chi connectivity index (χ0v) is 9.58. The normalized spacial score (nSPS) is 20.7. The van der Waals surface area contributed by atoms with Crippen LogP contribution in [0.2, 0.25) is 0 Å². The third kappa shape index (κ3) is 1.81. The molecule has 0 aliphatic heterocycles. The van der Waals surface area contributed by atoms with Crippen LogP contribution in [0.1, 0.15) is 44.6 Å². The highest BCUT2D eigenvalue weighted by molar-refractivity contribution is 5.30. The molecule has 2 N–H and O–H groups in total. The number of hydrogen-bond acceptors (Lipinski definition) is 1. The molecule has 1 heteroatoms. The molecule has 1 aromatic rings. The maximum atomic E-state index is 6.36. The van der Waals surface area contributed by atoms with E-state index in [4.69, 9.17) is 5.73 Å². The van der Waals surface area contributed by atoms with E-state index in [0.717, 1.165) is 6.42 Å². The number of benzene rings is 1. The molecule has 0 unspecified atom stereocenters. The molecule has 0 heterocycles. The van der Waals surface area contributed by atoms with Crippen LogP contribution in [-0.2, 0) is 5.41 Å². The maximum absolute atomic E-state index is 6.36. The van der Waals surface area contributed by atoms with Crippen LogP contribution in [0.5, 0.6) is 0 Å². The molecular formula is C14H21N. The summed E-state index contributed by atoms with van der Waals surface area (Å²) in [5.74, 6) is 0. The Morgan fingerprint density at radius 2 is 1.93 bits per heavy atom. The Morgan fingerprint density at radius 1 is 1.27 bits per heavy atom. The molecule has 1 fully saturated rings. The fourth-order valence-corrected chi connectivity index (χ4v) is 2.79. The van der Waals surface area contributed by atoms with Crippen molar-refractivity contribution < 1.29 is 0 Å². The molecule has 1 aromatic carbocycles. The minimum absolute atomic E-state index is 0.303. The molecular weight excluding hydrogens is 182 g/mol.